The van der Waals surface area contributed by atoms with Crippen molar-refractivity contribution in [3.05, 3.63) is 82.1 Å². The van der Waals surface area contributed by atoms with Gasteiger partial charge in [-0.05, 0) is 36.8 Å². The molecule has 3 rings (SSSR count). The molecule has 1 N–H and O–H groups in total. The maximum Gasteiger partial charge on any atom is 0.251 e. The third-order valence-corrected chi connectivity index (χ3v) is 4.10. The number of hydrogen-bond acceptors (Lipinski definition) is 2. The van der Waals surface area contributed by atoms with Gasteiger partial charge in [-0.15, -0.1) is 0 Å². The number of benzene rings is 2. The number of halogens is 2. The number of aromatic nitrogens is 2. The second kappa shape index (κ2) is 6.97. The number of imidazole rings is 1. The van der Waals surface area contributed by atoms with E-state index >= 15 is 0 Å². The summed E-state index contributed by atoms with van der Waals surface area (Å²) in [7, 11) is 0. The number of para-hydroxylation sites is 1. The molecule has 0 aliphatic rings. The van der Waals surface area contributed by atoms with Crippen molar-refractivity contribution in [1.82, 2.24) is 14.9 Å². The second-order valence-electron chi connectivity index (χ2n) is 5.31. The molecular formula is C18H15BrFN3O. The van der Waals surface area contributed by atoms with Crippen LogP contribution in [0, 0.1) is 12.7 Å². The third-order valence-electron chi connectivity index (χ3n) is 3.64. The van der Waals surface area contributed by atoms with Crippen LogP contribution < -0.4 is 5.32 Å². The quantitative estimate of drug-likeness (QED) is 0.734. The minimum absolute atomic E-state index is 0.276. The molecule has 6 heteroatoms. The first-order valence-electron chi connectivity index (χ1n) is 7.37. The molecule has 0 bridgehead atoms. The predicted molar refractivity (Wildman–Crippen MR) is 93.6 cm³/mol. The zero-order valence-corrected chi connectivity index (χ0v) is 14.5. The largest absolute Gasteiger partial charge is 0.348 e. The van der Waals surface area contributed by atoms with Crippen LogP contribution in [0.15, 0.2) is 59.3 Å². The van der Waals surface area contributed by atoms with Crippen molar-refractivity contribution in [2.24, 2.45) is 0 Å². The van der Waals surface area contributed by atoms with Gasteiger partial charge in [-0.25, -0.2) is 9.37 Å². The Bertz CT molecular complexity index is 871. The van der Waals surface area contributed by atoms with Crippen molar-refractivity contribution < 1.29 is 9.18 Å². The average molecular weight is 388 g/mol. The van der Waals surface area contributed by atoms with Gasteiger partial charge in [0.05, 0.1) is 5.69 Å². The standard InChI is InChI=1S/C18H15BrFN3O/c1-12-21-6-7-23(12)17-5-3-2-4-13(17)11-22-18(24)14-8-15(19)10-16(20)9-14/h2-10H,11H2,1H3,(H,22,24). The summed E-state index contributed by atoms with van der Waals surface area (Å²) >= 11 is 3.19. The van der Waals surface area contributed by atoms with Gasteiger partial charge in [-0.3, -0.25) is 4.79 Å². The van der Waals surface area contributed by atoms with Crippen molar-refractivity contribution in [2.45, 2.75) is 13.5 Å². The number of carbonyl (C=O) groups is 1. The van der Waals surface area contributed by atoms with Gasteiger partial charge in [-0.2, -0.15) is 0 Å². The van der Waals surface area contributed by atoms with E-state index in [-0.39, 0.29) is 11.5 Å². The molecular weight excluding hydrogens is 373 g/mol. The third kappa shape index (κ3) is 3.54. The molecule has 0 fully saturated rings. The normalized spacial score (nSPS) is 10.6. The maximum atomic E-state index is 13.4. The minimum Gasteiger partial charge on any atom is -0.348 e. The summed E-state index contributed by atoms with van der Waals surface area (Å²) in [5.74, 6) is 0.0826. The van der Waals surface area contributed by atoms with Crippen molar-refractivity contribution in [2.75, 3.05) is 0 Å². The average Bonchev–Trinajstić information content (AvgIpc) is 2.98. The van der Waals surface area contributed by atoms with E-state index in [1.807, 2.05) is 42.0 Å². The Labute approximate surface area is 147 Å². The number of nitrogens with one attached hydrogen (secondary N) is 1. The van der Waals surface area contributed by atoms with Crippen LogP contribution in [0.1, 0.15) is 21.7 Å². The van der Waals surface area contributed by atoms with Gasteiger partial charge in [0.25, 0.3) is 5.91 Å². The van der Waals surface area contributed by atoms with Crippen molar-refractivity contribution in [1.29, 1.82) is 0 Å². The number of aryl methyl sites for hydroxylation is 1. The van der Waals surface area contributed by atoms with Gasteiger partial charge in [0.2, 0.25) is 0 Å². The van der Waals surface area contributed by atoms with Gasteiger partial charge in [0, 0.05) is 29.0 Å². The fourth-order valence-electron chi connectivity index (χ4n) is 2.49. The molecule has 0 unspecified atom stereocenters. The minimum atomic E-state index is -0.455. The SMILES string of the molecule is Cc1nccn1-c1ccccc1CNC(=O)c1cc(F)cc(Br)c1. The van der Waals surface area contributed by atoms with Crippen LogP contribution in [-0.2, 0) is 6.54 Å². The zero-order chi connectivity index (χ0) is 17.1. The van der Waals surface area contributed by atoms with E-state index in [4.69, 9.17) is 0 Å². The number of nitrogens with zero attached hydrogens (tertiary/aromatic N) is 2. The summed E-state index contributed by atoms with van der Waals surface area (Å²) in [5, 5.41) is 2.83. The molecule has 1 aromatic heterocycles. The molecule has 2 aromatic carbocycles. The first-order chi connectivity index (χ1) is 11.5. The lowest BCUT2D eigenvalue weighted by atomic mass is 10.1. The number of carbonyl (C=O) groups excluding carboxylic acids is 1. The smallest absolute Gasteiger partial charge is 0.251 e. The highest BCUT2D eigenvalue weighted by Crippen LogP contribution is 2.17. The number of hydrogen-bond donors (Lipinski definition) is 1. The van der Waals surface area contributed by atoms with Gasteiger partial charge in [0.15, 0.2) is 0 Å². The van der Waals surface area contributed by atoms with Crippen molar-refractivity contribution in [3.63, 3.8) is 0 Å². The van der Waals surface area contributed by atoms with E-state index in [1.165, 1.54) is 12.1 Å². The molecule has 122 valence electrons. The maximum absolute atomic E-state index is 13.4. The molecule has 1 heterocycles. The van der Waals surface area contributed by atoms with E-state index in [1.54, 1.807) is 12.3 Å². The molecule has 24 heavy (non-hydrogen) atoms. The van der Waals surface area contributed by atoms with E-state index in [0.717, 1.165) is 17.1 Å². The van der Waals surface area contributed by atoms with Crippen LogP contribution in [0.25, 0.3) is 5.69 Å². The summed E-state index contributed by atoms with van der Waals surface area (Å²) in [6.07, 6.45) is 3.61. The summed E-state index contributed by atoms with van der Waals surface area (Å²) in [5.41, 5.74) is 2.17. The Morgan fingerprint density at radius 2 is 2.08 bits per heavy atom. The predicted octanol–water partition coefficient (Wildman–Crippen LogP) is 4.01. The summed E-state index contributed by atoms with van der Waals surface area (Å²) in [6.45, 7) is 2.25. The number of amides is 1. The van der Waals surface area contributed by atoms with Crippen LogP contribution >= 0.6 is 15.9 Å². The summed E-state index contributed by atoms with van der Waals surface area (Å²) in [6, 6.07) is 11.9. The molecule has 3 aromatic rings. The molecule has 0 aliphatic carbocycles. The number of rotatable bonds is 4. The highest BCUT2D eigenvalue weighted by molar-refractivity contribution is 9.10. The van der Waals surface area contributed by atoms with E-state index in [0.29, 0.717) is 11.0 Å². The molecule has 1 amide bonds. The molecule has 0 spiro atoms. The van der Waals surface area contributed by atoms with Crippen molar-refractivity contribution >= 4 is 21.8 Å². The zero-order valence-electron chi connectivity index (χ0n) is 13.0. The van der Waals surface area contributed by atoms with Crippen LogP contribution in [0.2, 0.25) is 0 Å². The van der Waals surface area contributed by atoms with Crippen molar-refractivity contribution in [3.8, 4) is 5.69 Å². The lowest BCUT2D eigenvalue weighted by Gasteiger charge is -2.13. The Hall–Kier alpha value is -2.47. The Kier molecular flexibility index (Phi) is 4.76. The first kappa shape index (κ1) is 16.4. The van der Waals surface area contributed by atoms with Gasteiger partial charge in [-0.1, -0.05) is 34.1 Å². The molecule has 0 radical (unpaired) electrons. The molecule has 0 aliphatic heterocycles. The summed E-state index contributed by atoms with van der Waals surface area (Å²) in [4.78, 5) is 16.5. The first-order valence-corrected chi connectivity index (χ1v) is 8.16. The Morgan fingerprint density at radius 1 is 1.29 bits per heavy atom. The molecule has 0 saturated carbocycles. The van der Waals surface area contributed by atoms with Gasteiger partial charge >= 0.3 is 0 Å². The van der Waals surface area contributed by atoms with E-state index in [9.17, 15) is 9.18 Å². The van der Waals surface area contributed by atoms with E-state index < -0.39 is 5.82 Å². The highest BCUT2D eigenvalue weighted by Gasteiger charge is 2.11. The summed E-state index contributed by atoms with van der Waals surface area (Å²) < 4.78 is 15.9. The van der Waals surface area contributed by atoms with Crippen LogP contribution in [0.5, 0.6) is 0 Å². The lowest BCUT2D eigenvalue weighted by Crippen LogP contribution is -2.23. The fraction of sp³-hybridized carbons (Fsp3) is 0.111. The van der Waals surface area contributed by atoms with Gasteiger partial charge < -0.3 is 9.88 Å². The second-order valence-corrected chi connectivity index (χ2v) is 6.23. The van der Waals surface area contributed by atoms with Crippen LogP contribution in [-0.4, -0.2) is 15.5 Å². The van der Waals surface area contributed by atoms with Crippen LogP contribution in [0.4, 0.5) is 4.39 Å². The highest BCUT2D eigenvalue weighted by atomic mass is 79.9. The van der Waals surface area contributed by atoms with E-state index in [2.05, 4.69) is 26.2 Å². The Morgan fingerprint density at radius 3 is 2.79 bits per heavy atom. The molecule has 0 saturated heterocycles. The monoisotopic (exact) mass is 387 g/mol. The topological polar surface area (TPSA) is 46.9 Å². The molecule has 0 atom stereocenters. The lowest BCUT2D eigenvalue weighted by molar-refractivity contribution is 0.0950. The Balaban J connectivity index is 1.80. The van der Waals surface area contributed by atoms with Gasteiger partial charge in [0.1, 0.15) is 11.6 Å². The fourth-order valence-corrected chi connectivity index (χ4v) is 2.96. The van der Waals surface area contributed by atoms with Crippen LogP contribution in [0.3, 0.4) is 0 Å². The molecule has 4 nitrogen and oxygen atoms in total.